The number of rotatable bonds is 2. The van der Waals surface area contributed by atoms with E-state index in [1.54, 1.807) is 18.8 Å². The Morgan fingerprint density at radius 3 is 2.54 bits per heavy atom. The van der Waals surface area contributed by atoms with E-state index in [0.29, 0.717) is 11.8 Å². The van der Waals surface area contributed by atoms with Gasteiger partial charge in [0.25, 0.3) is 0 Å². The normalized spacial score (nSPS) is 23.2. The van der Waals surface area contributed by atoms with Gasteiger partial charge in [-0.15, -0.1) is 5.10 Å². The van der Waals surface area contributed by atoms with Gasteiger partial charge in [0.1, 0.15) is 12.1 Å². The average molecular weight is 322 g/mol. The molecule has 7 heteroatoms. The van der Waals surface area contributed by atoms with Crippen LogP contribution in [0.2, 0.25) is 0 Å². The number of fused-ring (bicyclic) bond motifs is 2. The number of aryl methyl sites for hydroxylation is 1. The molecule has 2 aliphatic heterocycles. The maximum atomic E-state index is 5.62. The summed E-state index contributed by atoms with van der Waals surface area (Å²) in [7, 11) is 0. The Bertz CT molecular complexity index is 879. The van der Waals surface area contributed by atoms with E-state index in [9.17, 15) is 0 Å². The first kappa shape index (κ1) is 13.7. The first-order valence-electron chi connectivity index (χ1n) is 8.25. The number of aromatic nitrogens is 4. The molecule has 3 aromatic heterocycles. The lowest BCUT2D eigenvalue weighted by molar-refractivity contribution is 0.533. The summed E-state index contributed by atoms with van der Waals surface area (Å²) < 4.78 is 5.62. The maximum Gasteiger partial charge on any atom is 0.195 e. The van der Waals surface area contributed by atoms with Gasteiger partial charge in [0.05, 0.1) is 12.5 Å². The topological polar surface area (TPSA) is 71.2 Å². The SMILES string of the molecule is Cc1cncnc1N1CC2CN(c3nncc4ccoc34)CC2C1. The van der Waals surface area contributed by atoms with Gasteiger partial charge in [-0.1, -0.05) is 0 Å². The van der Waals surface area contributed by atoms with Crippen LogP contribution in [0.1, 0.15) is 5.56 Å². The van der Waals surface area contributed by atoms with E-state index in [4.69, 9.17) is 4.42 Å². The van der Waals surface area contributed by atoms with Gasteiger partial charge in [-0.05, 0) is 13.0 Å². The molecule has 2 atom stereocenters. The molecular weight excluding hydrogens is 304 g/mol. The minimum Gasteiger partial charge on any atom is -0.460 e. The molecule has 0 N–H and O–H groups in total. The second kappa shape index (κ2) is 5.15. The monoisotopic (exact) mass is 322 g/mol. The van der Waals surface area contributed by atoms with E-state index in [0.717, 1.165) is 54.3 Å². The van der Waals surface area contributed by atoms with Crippen molar-refractivity contribution >= 4 is 22.6 Å². The van der Waals surface area contributed by atoms with E-state index in [1.165, 1.54) is 0 Å². The number of nitrogens with zero attached hydrogens (tertiary/aromatic N) is 6. The molecule has 0 radical (unpaired) electrons. The number of hydrogen-bond acceptors (Lipinski definition) is 7. The van der Waals surface area contributed by atoms with Crippen LogP contribution in [0.15, 0.2) is 35.5 Å². The van der Waals surface area contributed by atoms with Crippen LogP contribution < -0.4 is 9.80 Å². The highest BCUT2D eigenvalue weighted by Gasteiger charge is 2.41. The van der Waals surface area contributed by atoms with Gasteiger partial charge < -0.3 is 14.2 Å². The zero-order valence-electron chi connectivity index (χ0n) is 13.5. The third kappa shape index (κ3) is 2.04. The Morgan fingerprint density at radius 1 is 1.04 bits per heavy atom. The summed E-state index contributed by atoms with van der Waals surface area (Å²) in [5.41, 5.74) is 1.98. The van der Waals surface area contributed by atoms with Crippen molar-refractivity contribution in [2.24, 2.45) is 11.8 Å². The van der Waals surface area contributed by atoms with Crippen LogP contribution in [-0.2, 0) is 0 Å². The minimum absolute atomic E-state index is 0.617. The zero-order valence-corrected chi connectivity index (χ0v) is 13.5. The third-order valence-corrected chi connectivity index (χ3v) is 5.20. The molecule has 0 bridgehead atoms. The van der Waals surface area contributed by atoms with E-state index < -0.39 is 0 Å². The lowest BCUT2D eigenvalue weighted by Crippen LogP contribution is -2.30. The summed E-state index contributed by atoms with van der Waals surface area (Å²) >= 11 is 0. The summed E-state index contributed by atoms with van der Waals surface area (Å²) in [4.78, 5) is 13.3. The number of hydrogen-bond donors (Lipinski definition) is 0. The highest BCUT2D eigenvalue weighted by atomic mass is 16.3. The first-order valence-corrected chi connectivity index (χ1v) is 8.25. The van der Waals surface area contributed by atoms with Crippen LogP contribution in [0.25, 0.3) is 11.0 Å². The van der Waals surface area contributed by atoms with Gasteiger partial charge >= 0.3 is 0 Å². The molecule has 7 nitrogen and oxygen atoms in total. The molecule has 2 saturated heterocycles. The minimum atomic E-state index is 0.617. The second-order valence-electron chi connectivity index (χ2n) is 6.73. The lowest BCUT2D eigenvalue weighted by Gasteiger charge is -2.23. The Balaban J connectivity index is 1.37. The van der Waals surface area contributed by atoms with E-state index in [-0.39, 0.29) is 0 Å². The summed E-state index contributed by atoms with van der Waals surface area (Å²) in [6.45, 7) is 6.10. The van der Waals surface area contributed by atoms with E-state index >= 15 is 0 Å². The molecule has 5 rings (SSSR count). The summed E-state index contributed by atoms with van der Waals surface area (Å²) in [5.74, 6) is 3.17. The third-order valence-electron chi connectivity index (χ3n) is 5.20. The van der Waals surface area contributed by atoms with Crippen molar-refractivity contribution in [2.75, 3.05) is 36.0 Å². The van der Waals surface area contributed by atoms with Crippen molar-refractivity contribution in [1.29, 1.82) is 0 Å². The molecule has 2 aliphatic rings. The van der Waals surface area contributed by atoms with Crippen molar-refractivity contribution in [3.63, 3.8) is 0 Å². The number of furan rings is 1. The Kier molecular flexibility index (Phi) is 2.95. The van der Waals surface area contributed by atoms with Gasteiger partial charge in [0, 0.05) is 55.2 Å². The first-order chi connectivity index (χ1) is 11.8. The molecule has 3 aromatic rings. The molecular formula is C17H18N6O. The largest absolute Gasteiger partial charge is 0.460 e. The van der Waals surface area contributed by atoms with Crippen LogP contribution in [-0.4, -0.2) is 46.3 Å². The molecule has 0 saturated carbocycles. The predicted octanol–water partition coefficient (Wildman–Crippen LogP) is 1.89. The molecule has 24 heavy (non-hydrogen) atoms. The van der Waals surface area contributed by atoms with Crippen molar-refractivity contribution < 1.29 is 4.42 Å². The molecule has 0 spiro atoms. The van der Waals surface area contributed by atoms with Gasteiger partial charge in [-0.25, -0.2) is 9.97 Å². The summed E-state index contributed by atoms with van der Waals surface area (Å²) in [5, 5.41) is 9.46. The quantitative estimate of drug-likeness (QED) is 0.713. The maximum absolute atomic E-state index is 5.62. The zero-order chi connectivity index (χ0) is 16.1. The van der Waals surface area contributed by atoms with Crippen molar-refractivity contribution in [3.8, 4) is 0 Å². The fourth-order valence-electron chi connectivity index (χ4n) is 4.06. The Morgan fingerprint density at radius 2 is 1.79 bits per heavy atom. The summed E-state index contributed by atoms with van der Waals surface area (Å²) in [6.07, 6.45) is 6.97. The van der Waals surface area contributed by atoms with Crippen molar-refractivity contribution in [3.05, 3.63) is 36.6 Å². The van der Waals surface area contributed by atoms with Crippen LogP contribution in [0.5, 0.6) is 0 Å². The second-order valence-corrected chi connectivity index (χ2v) is 6.73. The molecule has 122 valence electrons. The van der Waals surface area contributed by atoms with E-state index in [2.05, 4.69) is 36.9 Å². The predicted molar refractivity (Wildman–Crippen MR) is 90.0 cm³/mol. The molecule has 0 amide bonds. The standard InChI is InChI=1S/C17H18N6O/c1-11-4-18-10-19-16(11)22-6-13-8-23(9-14(13)7-22)17-15-12(2-3-24-15)5-20-21-17/h2-5,10,13-14H,6-9H2,1H3. The Hall–Kier alpha value is -2.70. The molecule has 0 aliphatic carbocycles. The van der Waals surface area contributed by atoms with Gasteiger partial charge in [0.2, 0.25) is 0 Å². The van der Waals surface area contributed by atoms with Crippen molar-refractivity contribution in [1.82, 2.24) is 20.2 Å². The average Bonchev–Trinajstić information content (AvgIpc) is 3.28. The fourth-order valence-corrected chi connectivity index (χ4v) is 4.06. The van der Waals surface area contributed by atoms with Crippen LogP contribution >= 0.6 is 0 Å². The number of anilines is 2. The molecule has 2 unspecified atom stereocenters. The molecule has 5 heterocycles. The highest BCUT2D eigenvalue weighted by Crippen LogP contribution is 2.37. The van der Waals surface area contributed by atoms with Gasteiger partial charge in [-0.2, -0.15) is 5.10 Å². The lowest BCUT2D eigenvalue weighted by atomic mass is 10.0. The smallest absolute Gasteiger partial charge is 0.195 e. The van der Waals surface area contributed by atoms with Gasteiger partial charge in [0.15, 0.2) is 11.4 Å². The van der Waals surface area contributed by atoms with Crippen molar-refractivity contribution in [2.45, 2.75) is 6.92 Å². The molecule has 2 fully saturated rings. The van der Waals surface area contributed by atoms with Gasteiger partial charge in [-0.3, -0.25) is 0 Å². The summed E-state index contributed by atoms with van der Waals surface area (Å²) in [6, 6.07) is 1.93. The van der Waals surface area contributed by atoms with Crippen LogP contribution in [0.4, 0.5) is 11.6 Å². The highest BCUT2D eigenvalue weighted by molar-refractivity contribution is 5.86. The van der Waals surface area contributed by atoms with Crippen LogP contribution in [0, 0.1) is 18.8 Å². The molecule has 0 aromatic carbocycles. The van der Waals surface area contributed by atoms with E-state index in [1.807, 2.05) is 12.3 Å². The fraction of sp³-hybridized carbons (Fsp3) is 0.412. The van der Waals surface area contributed by atoms with Crippen LogP contribution in [0.3, 0.4) is 0 Å². The Labute approximate surface area is 139 Å².